The van der Waals surface area contributed by atoms with Crippen LogP contribution in [0.15, 0.2) is 48.8 Å². The average molecular weight is 521 g/mol. The maximum atomic E-state index is 14.9. The molecule has 9 heteroatoms. The predicted molar refractivity (Wildman–Crippen MR) is 139 cm³/mol. The molecule has 1 saturated carbocycles. The van der Waals surface area contributed by atoms with Gasteiger partial charge in [-0.05, 0) is 50.1 Å². The van der Waals surface area contributed by atoms with E-state index in [1.165, 1.54) is 20.6 Å². The van der Waals surface area contributed by atoms with Crippen molar-refractivity contribution in [1.29, 1.82) is 0 Å². The molecule has 0 radical (unpaired) electrons. The standard InChI is InChI=1S/C29H36N4O5/c1-32-23(21-13-7-9-15-30-21)28(26(35)37-2)18-33(17-20-11-5-4-6-12-20)19-29(25(28)34,27(36)38-3)24(32)22-14-8-10-16-31-22/h7-10,13-16,20,23-24H,4-6,11-12,17-19H2,1-3H3. The quantitative estimate of drug-likeness (QED) is 0.420. The lowest BCUT2D eigenvalue weighted by Crippen LogP contribution is -2.75. The zero-order valence-corrected chi connectivity index (χ0v) is 22.3. The number of fused-ring (bicyclic) bond motifs is 2. The van der Waals surface area contributed by atoms with Gasteiger partial charge in [-0.3, -0.25) is 34.2 Å². The van der Waals surface area contributed by atoms with Gasteiger partial charge < -0.3 is 9.47 Å². The van der Waals surface area contributed by atoms with E-state index >= 15 is 0 Å². The van der Waals surface area contributed by atoms with E-state index in [9.17, 15) is 14.4 Å². The average Bonchev–Trinajstić information content (AvgIpc) is 2.95. The summed E-state index contributed by atoms with van der Waals surface area (Å²) in [7, 11) is 4.42. The summed E-state index contributed by atoms with van der Waals surface area (Å²) in [6.07, 6.45) is 9.04. The molecule has 202 valence electrons. The van der Waals surface area contributed by atoms with Crippen LogP contribution < -0.4 is 0 Å². The van der Waals surface area contributed by atoms with E-state index in [2.05, 4.69) is 14.9 Å². The number of pyridine rings is 2. The van der Waals surface area contributed by atoms with Crippen LogP contribution in [0.5, 0.6) is 0 Å². The van der Waals surface area contributed by atoms with Gasteiger partial charge in [0.15, 0.2) is 16.6 Å². The molecule has 0 N–H and O–H groups in total. The maximum absolute atomic E-state index is 14.9. The highest BCUT2D eigenvalue weighted by molar-refractivity contribution is 6.17. The van der Waals surface area contributed by atoms with Crippen molar-refractivity contribution in [2.24, 2.45) is 16.7 Å². The van der Waals surface area contributed by atoms with Crippen molar-refractivity contribution in [3.05, 3.63) is 60.2 Å². The molecule has 2 aromatic heterocycles. The van der Waals surface area contributed by atoms with E-state index < -0.39 is 40.6 Å². The number of nitrogens with zero attached hydrogens (tertiary/aromatic N) is 4. The van der Waals surface area contributed by atoms with Crippen molar-refractivity contribution in [1.82, 2.24) is 19.8 Å². The van der Waals surface area contributed by atoms with Gasteiger partial charge in [-0.2, -0.15) is 0 Å². The number of rotatable bonds is 6. The number of methoxy groups -OCH3 is 2. The first kappa shape index (κ1) is 26.4. The number of ketones is 1. The molecule has 5 rings (SSSR count). The van der Waals surface area contributed by atoms with Crippen LogP contribution in [0, 0.1) is 16.7 Å². The van der Waals surface area contributed by atoms with Crippen LogP contribution >= 0.6 is 0 Å². The molecule has 2 aromatic rings. The number of carbonyl (C=O) groups is 3. The van der Waals surface area contributed by atoms with E-state index in [0.717, 1.165) is 25.7 Å². The van der Waals surface area contributed by atoms with Crippen LogP contribution in [-0.2, 0) is 23.9 Å². The first-order valence-electron chi connectivity index (χ1n) is 13.4. The summed E-state index contributed by atoms with van der Waals surface area (Å²) in [4.78, 5) is 55.9. The third kappa shape index (κ3) is 4.03. The molecular weight excluding hydrogens is 484 g/mol. The van der Waals surface area contributed by atoms with E-state index in [1.807, 2.05) is 36.2 Å². The molecule has 0 amide bonds. The molecule has 2 bridgehead atoms. The number of esters is 2. The summed E-state index contributed by atoms with van der Waals surface area (Å²) >= 11 is 0. The molecule has 2 saturated heterocycles. The lowest BCUT2D eigenvalue weighted by molar-refractivity contribution is -0.204. The predicted octanol–water partition coefficient (Wildman–Crippen LogP) is 2.99. The monoisotopic (exact) mass is 520 g/mol. The van der Waals surface area contributed by atoms with Crippen LogP contribution in [0.3, 0.4) is 0 Å². The topological polar surface area (TPSA) is 102 Å². The summed E-state index contributed by atoms with van der Waals surface area (Å²) in [6.45, 7) is 0.987. The minimum absolute atomic E-state index is 0.147. The second-order valence-corrected chi connectivity index (χ2v) is 10.9. The van der Waals surface area contributed by atoms with E-state index in [1.54, 1.807) is 24.5 Å². The second kappa shape index (κ2) is 10.5. The normalized spacial score (nSPS) is 30.6. The van der Waals surface area contributed by atoms with Crippen molar-refractivity contribution in [2.75, 3.05) is 40.9 Å². The molecule has 4 heterocycles. The fourth-order valence-corrected chi connectivity index (χ4v) is 7.33. The molecule has 0 spiro atoms. The van der Waals surface area contributed by atoms with Crippen LogP contribution in [-0.4, -0.2) is 78.4 Å². The first-order chi connectivity index (χ1) is 18.4. The Morgan fingerprint density at radius 2 is 1.37 bits per heavy atom. The van der Waals surface area contributed by atoms with Crippen LogP contribution in [0.25, 0.3) is 0 Å². The fraction of sp³-hybridized carbons (Fsp3) is 0.552. The molecule has 38 heavy (non-hydrogen) atoms. The third-order valence-corrected chi connectivity index (χ3v) is 8.78. The Kier molecular flexibility index (Phi) is 7.33. The highest BCUT2D eigenvalue weighted by Crippen LogP contribution is 2.60. The van der Waals surface area contributed by atoms with Gasteiger partial charge in [-0.25, -0.2) is 0 Å². The third-order valence-electron chi connectivity index (χ3n) is 8.78. The summed E-state index contributed by atoms with van der Waals surface area (Å²) in [5.74, 6) is -1.37. The first-order valence-corrected chi connectivity index (χ1v) is 13.4. The van der Waals surface area contributed by atoms with Gasteiger partial charge in [0, 0.05) is 32.0 Å². The Morgan fingerprint density at radius 1 is 0.868 bits per heavy atom. The Morgan fingerprint density at radius 3 is 1.79 bits per heavy atom. The van der Waals surface area contributed by atoms with E-state index in [0.29, 0.717) is 23.9 Å². The zero-order valence-electron chi connectivity index (χ0n) is 22.3. The minimum atomic E-state index is -1.68. The largest absolute Gasteiger partial charge is 0.468 e. The maximum Gasteiger partial charge on any atom is 0.322 e. The number of piperidine rings is 2. The molecule has 4 atom stereocenters. The number of hydrogen-bond acceptors (Lipinski definition) is 9. The van der Waals surface area contributed by atoms with Gasteiger partial charge in [0.2, 0.25) is 0 Å². The lowest BCUT2D eigenvalue weighted by atomic mass is 9.54. The summed E-state index contributed by atoms with van der Waals surface area (Å²) in [5.41, 5.74) is -2.23. The van der Waals surface area contributed by atoms with Crippen molar-refractivity contribution in [2.45, 2.75) is 44.2 Å². The van der Waals surface area contributed by atoms with Gasteiger partial charge in [-0.1, -0.05) is 31.4 Å². The Balaban J connectivity index is 1.75. The molecule has 4 unspecified atom stereocenters. The molecule has 1 aliphatic carbocycles. The van der Waals surface area contributed by atoms with Crippen molar-refractivity contribution in [3.63, 3.8) is 0 Å². The Labute approximate surface area is 223 Å². The number of aromatic nitrogens is 2. The molecule has 0 aromatic carbocycles. The van der Waals surface area contributed by atoms with Gasteiger partial charge >= 0.3 is 11.9 Å². The molecular formula is C29H36N4O5. The highest BCUT2D eigenvalue weighted by atomic mass is 16.5. The molecule has 3 aliphatic rings. The van der Waals surface area contributed by atoms with Crippen LogP contribution in [0.4, 0.5) is 0 Å². The number of hydrogen-bond donors (Lipinski definition) is 0. The number of Topliss-reactive ketones (excluding diaryl/α,β-unsaturated/α-hetero) is 1. The summed E-state index contributed by atoms with van der Waals surface area (Å²) < 4.78 is 10.7. The molecule has 3 fully saturated rings. The molecule has 2 aliphatic heterocycles. The fourth-order valence-electron chi connectivity index (χ4n) is 7.33. The zero-order chi connectivity index (χ0) is 26.9. The van der Waals surface area contributed by atoms with Gasteiger partial charge in [0.1, 0.15) is 0 Å². The summed E-state index contributed by atoms with van der Waals surface area (Å²) in [5, 5.41) is 0. The number of carbonyl (C=O) groups excluding carboxylic acids is 3. The summed E-state index contributed by atoms with van der Waals surface area (Å²) in [6, 6.07) is 9.36. The van der Waals surface area contributed by atoms with Gasteiger partial charge in [-0.15, -0.1) is 0 Å². The number of ether oxygens (including phenoxy) is 2. The molecule has 9 nitrogen and oxygen atoms in total. The lowest BCUT2D eigenvalue weighted by Gasteiger charge is -2.60. The van der Waals surface area contributed by atoms with Crippen LogP contribution in [0.2, 0.25) is 0 Å². The van der Waals surface area contributed by atoms with Crippen LogP contribution in [0.1, 0.15) is 55.6 Å². The Bertz CT molecular complexity index is 1090. The van der Waals surface area contributed by atoms with E-state index in [4.69, 9.17) is 9.47 Å². The second-order valence-electron chi connectivity index (χ2n) is 10.9. The van der Waals surface area contributed by atoms with Crippen molar-refractivity contribution < 1.29 is 23.9 Å². The Hall–Kier alpha value is -3.17. The highest BCUT2D eigenvalue weighted by Gasteiger charge is 2.75. The van der Waals surface area contributed by atoms with Crippen molar-refractivity contribution in [3.8, 4) is 0 Å². The minimum Gasteiger partial charge on any atom is -0.468 e. The van der Waals surface area contributed by atoms with Crippen molar-refractivity contribution >= 4 is 17.7 Å². The van der Waals surface area contributed by atoms with Gasteiger partial charge in [0.25, 0.3) is 0 Å². The van der Waals surface area contributed by atoms with Gasteiger partial charge in [0.05, 0.1) is 37.7 Å². The van der Waals surface area contributed by atoms with E-state index in [-0.39, 0.29) is 13.1 Å². The smallest absolute Gasteiger partial charge is 0.322 e. The number of likely N-dealkylation sites (tertiary alicyclic amines) is 2. The SMILES string of the molecule is COC(=O)C12CN(CC3CCCCC3)CC(C(=O)OC)(C1=O)C(c1ccccn1)N(C)C2c1ccccn1.